The minimum absolute atomic E-state index is 0.0816. The smallest absolute Gasteiger partial charge is 0.224 e. The number of hydrogen-bond acceptors (Lipinski definition) is 4. The quantitative estimate of drug-likeness (QED) is 0.575. The molecule has 1 amide bonds. The Morgan fingerprint density at radius 3 is 2.20 bits per heavy atom. The molecule has 2 aromatic rings. The van der Waals surface area contributed by atoms with Crippen LogP contribution in [0.1, 0.15) is 71.1 Å². The number of carbonyl (C=O) groups excluding carboxylic acids is 1. The fourth-order valence-corrected chi connectivity index (χ4v) is 2.80. The largest absolute Gasteiger partial charge is 0.326 e. The van der Waals surface area contributed by atoms with E-state index < -0.39 is 0 Å². The third-order valence-corrected chi connectivity index (χ3v) is 4.27. The van der Waals surface area contributed by atoms with Crippen LogP contribution in [0.4, 0.5) is 5.69 Å². The zero-order valence-corrected chi connectivity index (χ0v) is 15.2. The third kappa shape index (κ3) is 7.45. The fourth-order valence-electron chi connectivity index (χ4n) is 2.80. The highest BCUT2D eigenvalue weighted by Crippen LogP contribution is 2.14. The lowest BCUT2D eigenvalue weighted by Crippen LogP contribution is -2.11. The van der Waals surface area contributed by atoms with Crippen molar-refractivity contribution in [3.05, 3.63) is 30.6 Å². The van der Waals surface area contributed by atoms with Gasteiger partial charge in [-0.15, -0.1) is 5.10 Å². The first-order valence-corrected chi connectivity index (χ1v) is 9.43. The minimum Gasteiger partial charge on any atom is -0.326 e. The molecule has 1 heterocycles. The second-order valence-corrected chi connectivity index (χ2v) is 6.43. The van der Waals surface area contributed by atoms with E-state index in [4.69, 9.17) is 0 Å². The Bertz CT molecular complexity index is 595. The zero-order chi connectivity index (χ0) is 17.7. The topological polar surface area (TPSA) is 72.7 Å². The molecule has 0 atom stereocenters. The number of amides is 1. The summed E-state index contributed by atoms with van der Waals surface area (Å²) in [4.78, 5) is 12.0. The molecule has 0 bridgehead atoms. The Kier molecular flexibility index (Phi) is 8.66. The molecular formula is C19H29N5O. The molecular weight excluding hydrogens is 314 g/mol. The van der Waals surface area contributed by atoms with Gasteiger partial charge in [0.1, 0.15) is 6.33 Å². The lowest BCUT2D eigenvalue weighted by molar-refractivity contribution is -0.116. The van der Waals surface area contributed by atoms with E-state index in [-0.39, 0.29) is 5.91 Å². The first kappa shape index (κ1) is 19.1. The van der Waals surface area contributed by atoms with E-state index in [1.807, 2.05) is 24.3 Å². The van der Waals surface area contributed by atoms with E-state index in [9.17, 15) is 4.79 Å². The number of rotatable bonds is 12. The molecule has 0 saturated heterocycles. The number of nitrogens with one attached hydrogen (secondary N) is 1. The first-order valence-electron chi connectivity index (χ1n) is 9.43. The number of nitrogens with zero attached hydrogens (tertiary/aromatic N) is 4. The summed E-state index contributed by atoms with van der Waals surface area (Å²) < 4.78 is 1.58. The summed E-state index contributed by atoms with van der Waals surface area (Å²) >= 11 is 0. The van der Waals surface area contributed by atoms with E-state index in [0.29, 0.717) is 6.42 Å². The second kappa shape index (κ2) is 11.3. The molecule has 1 N–H and O–H groups in total. The minimum atomic E-state index is 0.0816. The Hall–Kier alpha value is -2.24. The summed E-state index contributed by atoms with van der Waals surface area (Å²) in [5.41, 5.74) is 1.67. The van der Waals surface area contributed by atoms with Crippen molar-refractivity contribution in [1.82, 2.24) is 20.2 Å². The van der Waals surface area contributed by atoms with Crippen LogP contribution in [0.25, 0.3) is 5.69 Å². The maximum absolute atomic E-state index is 12.0. The second-order valence-electron chi connectivity index (χ2n) is 6.43. The molecule has 0 spiro atoms. The van der Waals surface area contributed by atoms with E-state index in [1.165, 1.54) is 51.3 Å². The van der Waals surface area contributed by atoms with Gasteiger partial charge >= 0.3 is 0 Å². The van der Waals surface area contributed by atoms with Gasteiger partial charge in [0, 0.05) is 12.1 Å². The Balaban J connectivity index is 1.56. The molecule has 2 rings (SSSR count). The van der Waals surface area contributed by atoms with Crippen molar-refractivity contribution in [3.63, 3.8) is 0 Å². The Morgan fingerprint density at radius 2 is 1.60 bits per heavy atom. The lowest BCUT2D eigenvalue weighted by atomic mass is 10.1. The molecule has 0 unspecified atom stereocenters. The highest BCUT2D eigenvalue weighted by atomic mass is 16.1. The molecule has 0 saturated carbocycles. The van der Waals surface area contributed by atoms with Gasteiger partial charge in [0.15, 0.2) is 0 Å². The molecule has 0 aliphatic heterocycles. The highest BCUT2D eigenvalue weighted by Gasteiger charge is 2.03. The highest BCUT2D eigenvalue weighted by molar-refractivity contribution is 5.90. The molecule has 136 valence electrons. The molecule has 0 aliphatic carbocycles. The number of hydrogen-bond donors (Lipinski definition) is 1. The van der Waals surface area contributed by atoms with Crippen molar-refractivity contribution in [2.75, 3.05) is 5.32 Å². The van der Waals surface area contributed by atoms with Crippen molar-refractivity contribution in [2.24, 2.45) is 0 Å². The Labute approximate surface area is 150 Å². The SMILES string of the molecule is CCCCCCCCCCCC(=O)Nc1ccc(-n2cnnn2)cc1. The standard InChI is InChI=1S/C19H29N5O/c1-2-3-4-5-6-7-8-9-10-11-19(25)21-17-12-14-18(15-13-17)24-16-20-22-23-24/h12-16H,2-11H2,1H3,(H,21,25). The monoisotopic (exact) mass is 343 g/mol. The molecule has 1 aromatic heterocycles. The van der Waals surface area contributed by atoms with Crippen LogP contribution < -0.4 is 5.32 Å². The molecule has 6 heteroatoms. The number of tetrazole rings is 1. The van der Waals surface area contributed by atoms with Crippen LogP contribution in [0.3, 0.4) is 0 Å². The van der Waals surface area contributed by atoms with Crippen LogP contribution >= 0.6 is 0 Å². The van der Waals surface area contributed by atoms with E-state index >= 15 is 0 Å². The normalized spacial score (nSPS) is 10.8. The number of aromatic nitrogens is 4. The maximum Gasteiger partial charge on any atom is 0.224 e. The van der Waals surface area contributed by atoms with Crippen molar-refractivity contribution < 1.29 is 4.79 Å². The molecule has 0 fully saturated rings. The summed E-state index contributed by atoms with van der Waals surface area (Å²) in [6, 6.07) is 7.49. The molecule has 0 aliphatic rings. The average Bonchev–Trinajstić information content (AvgIpc) is 3.15. The van der Waals surface area contributed by atoms with Gasteiger partial charge in [-0.3, -0.25) is 4.79 Å². The van der Waals surface area contributed by atoms with Gasteiger partial charge in [-0.25, -0.2) is 4.68 Å². The average molecular weight is 343 g/mol. The zero-order valence-electron chi connectivity index (χ0n) is 15.2. The van der Waals surface area contributed by atoms with Gasteiger partial charge in [-0.05, 0) is 41.1 Å². The van der Waals surface area contributed by atoms with Crippen LogP contribution in [0, 0.1) is 0 Å². The van der Waals surface area contributed by atoms with Gasteiger partial charge < -0.3 is 5.32 Å². The van der Waals surface area contributed by atoms with E-state index in [2.05, 4.69) is 27.8 Å². The van der Waals surface area contributed by atoms with Gasteiger partial charge in [0.25, 0.3) is 0 Å². The summed E-state index contributed by atoms with van der Waals surface area (Å²) in [6.45, 7) is 2.24. The molecule has 1 aromatic carbocycles. The lowest BCUT2D eigenvalue weighted by Gasteiger charge is -2.06. The van der Waals surface area contributed by atoms with Crippen LogP contribution in [-0.2, 0) is 4.79 Å². The van der Waals surface area contributed by atoms with Crippen molar-refractivity contribution in [3.8, 4) is 5.69 Å². The number of benzene rings is 1. The van der Waals surface area contributed by atoms with Crippen molar-refractivity contribution >= 4 is 11.6 Å². The summed E-state index contributed by atoms with van der Waals surface area (Å²) in [5, 5.41) is 14.0. The van der Waals surface area contributed by atoms with E-state index in [1.54, 1.807) is 4.68 Å². The molecule has 25 heavy (non-hydrogen) atoms. The summed E-state index contributed by atoms with van der Waals surface area (Å²) in [5.74, 6) is 0.0816. The predicted octanol–water partition coefficient (Wildman–Crippen LogP) is 4.52. The fraction of sp³-hybridized carbons (Fsp3) is 0.579. The van der Waals surface area contributed by atoms with Gasteiger partial charge in [0.05, 0.1) is 5.69 Å². The first-order chi connectivity index (χ1) is 12.3. The van der Waals surface area contributed by atoms with E-state index in [0.717, 1.165) is 24.2 Å². The van der Waals surface area contributed by atoms with Crippen LogP contribution in [-0.4, -0.2) is 26.1 Å². The van der Waals surface area contributed by atoms with Crippen LogP contribution in [0.2, 0.25) is 0 Å². The summed E-state index contributed by atoms with van der Waals surface area (Å²) in [6.07, 6.45) is 13.5. The Morgan fingerprint density at radius 1 is 0.960 bits per heavy atom. The van der Waals surface area contributed by atoms with Gasteiger partial charge in [0.2, 0.25) is 5.91 Å². The summed E-state index contributed by atoms with van der Waals surface area (Å²) in [7, 11) is 0. The molecule has 6 nitrogen and oxygen atoms in total. The van der Waals surface area contributed by atoms with Gasteiger partial charge in [-0.2, -0.15) is 0 Å². The molecule has 0 radical (unpaired) electrons. The van der Waals surface area contributed by atoms with Crippen molar-refractivity contribution in [2.45, 2.75) is 71.1 Å². The number of anilines is 1. The number of carbonyl (C=O) groups is 1. The van der Waals surface area contributed by atoms with Gasteiger partial charge in [-0.1, -0.05) is 58.3 Å². The van der Waals surface area contributed by atoms with Crippen LogP contribution in [0.15, 0.2) is 30.6 Å². The maximum atomic E-state index is 12.0. The number of unbranched alkanes of at least 4 members (excludes halogenated alkanes) is 8. The van der Waals surface area contributed by atoms with Crippen LogP contribution in [0.5, 0.6) is 0 Å². The van der Waals surface area contributed by atoms with Crippen molar-refractivity contribution in [1.29, 1.82) is 0 Å². The third-order valence-electron chi connectivity index (χ3n) is 4.27. The predicted molar refractivity (Wildman–Crippen MR) is 99.6 cm³/mol.